The zero-order chi connectivity index (χ0) is 14.7. The van der Waals surface area contributed by atoms with E-state index in [4.69, 9.17) is 4.52 Å². The molecule has 108 valence electrons. The Kier molecular flexibility index (Phi) is 4.26. The molecule has 0 fully saturated rings. The second-order valence-corrected chi connectivity index (χ2v) is 5.58. The van der Waals surface area contributed by atoms with Crippen LogP contribution in [0.2, 0.25) is 0 Å². The third kappa shape index (κ3) is 3.11. The molecule has 0 aliphatic carbocycles. The van der Waals surface area contributed by atoms with Gasteiger partial charge in [-0.1, -0.05) is 23.4 Å². The number of pyridine rings is 1. The summed E-state index contributed by atoms with van der Waals surface area (Å²) in [6.07, 6.45) is 1.73. The summed E-state index contributed by atoms with van der Waals surface area (Å²) in [4.78, 5) is 9.03. The van der Waals surface area contributed by atoms with E-state index in [-0.39, 0.29) is 0 Å². The minimum atomic E-state index is 0.520. The Morgan fingerprint density at radius 3 is 2.95 bits per heavy atom. The topological polar surface area (TPSA) is 63.8 Å². The summed E-state index contributed by atoms with van der Waals surface area (Å²) < 4.78 is 6.15. The first-order valence-corrected chi connectivity index (χ1v) is 7.60. The van der Waals surface area contributed by atoms with Gasteiger partial charge >= 0.3 is 0 Å². The van der Waals surface area contributed by atoms with Gasteiger partial charge in [-0.15, -0.1) is 0 Å². The fraction of sp³-hybridized carbons (Fsp3) is 0.267. The van der Waals surface area contributed by atoms with Gasteiger partial charge in [0.05, 0.1) is 5.52 Å². The van der Waals surface area contributed by atoms with E-state index >= 15 is 0 Å². The molecule has 1 aromatic carbocycles. The molecule has 0 radical (unpaired) electrons. The van der Waals surface area contributed by atoms with E-state index in [9.17, 15) is 0 Å². The Labute approximate surface area is 130 Å². The molecule has 6 heteroatoms. The Bertz CT molecular complexity index is 756. The molecular weight excluding hydrogens is 332 g/mol. The average molecular weight is 347 g/mol. The van der Waals surface area contributed by atoms with Crippen molar-refractivity contribution in [3.05, 3.63) is 40.7 Å². The van der Waals surface area contributed by atoms with Crippen molar-refractivity contribution in [3.8, 4) is 11.5 Å². The van der Waals surface area contributed by atoms with Gasteiger partial charge in [0.2, 0.25) is 11.7 Å². The molecule has 0 spiro atoms. The van der Waals surface area contributed by atoms with Crippen LogP contribution in [0.15, 0.2) is 39.3 Å². The Morgan fingerprint density at radius 2 is 2.10 bits per heavy atom. The van der Waals surface area contributed by atoms with Crippen LogP contribution < -0.4 is 5.32 Å². The van der Waals surface area contributed by atoms with Crippen molar-refractivity contribution in [2.75, 3.05) is 13.6 Å². The van der Waals surface area contributed by atoms with Crippen LogP contribution >= 0.6 is 15.9 Å². The van der Waals surface area contributed by atoms with E-state index in [0.717, 1.165) is 34.8 Å². The lowest BCUT2D eigenvalue weighted by Crippen LogP contribution is -2.08. The predicted molar refractivity (Wildman–Crippen MR) is 85.0 cm³/mol. The molecule has 0 amide bonds. The number of rotatable bonds is 5. The fourth-order valence-corrected chi connectivity index (χ4v) is 2.63. The monoisotopic (exact) mass is 346 g/mol. The number of nitrogens with one attached hydrogen (secondary N) is 1. The first-order valence-electron chi connectivity index (χ1n) is 6.81. The van der Waals surface area contributed by atoms with E-state index in [0.29, 0.717) is 17.4 Å². The molecule has 3 aromatic rings. The van der Waals surface area contributed by atoms with E-state index in [1.54, 1.807) is 0 Å². The van der Waals surface area contributed by atoms with Gasteiger partial charge in [0.25, 0.3) is 0 Å². The van der Waals surface area contributed by atoms with Crippen LogP contribution in [-0.2, 0) is 6.42 Å². The molecule has 0 saturated heterocycles. The maximum Gasteiger partial charge on any atom is 0.227 e. The lowest BCUT2D eigenvalue weighted by Gasteiger charge is -2.02. The first-order chi connectivity index (χ1) is 10.3. The summed E-state index contributed by atoms with van der Waals surface area (Å²) in [5, 5.41) is 8.20. The number of nitrogens with zero attached hydrogens (tertiary/aromatic N) is 3. The van der Waals surface area contributed by atoms with Crippen molar-refractivity contribution in [2.24, 2.45) is 0 Å². The number of para-hydroxylation sites is 1. The second-order valence-electron chi connectivity index (χ2n) is 4.73. The molecular formula is C15H15BrN4O. The van der Waals surface area contributed by atoms with Gasteiger partial charge in [-0.25, -0.2) is 4.98 Å². The summed E-state index contributed by atoms with van der Waals surface area (Å²) in [6.45, 7) is 0.926. The van der Waals surface area contributed by atoms with Gasteiger partial charge < -0.3 is 9.84 Å². The van der Waals surface area contributed by atoms with Gasteiger partial charge in [0.1, 0.15) is 5.69 Å². The number of hydrogen-bond donors (Lipinski definition) is 1. The molecule has 21 heavy (non-hydrogen) atoms. The summed E-state index contributed by atoms with van der Waals surface area (Å²) in [5.74, 6) is 1.16. The molecule has 0 atom stereocenters. The van der Waals surface area contributed by atoms with Crippen molar-refractivity contribution in [1.29, 1.82) is 0 Å². The van der Waals surface area contributed by atoms with Gasteiger partial charge in [-0.3, -0.25) is 0 Å². The van der Waals surface area contributed by atoms with Crippen molar-refractivity contribution in [2.45, 2.75) is 12.8 Å². The highest BCUT2D eigenvalue weighted by atomic mass is 79.9. The maximum atomic E-state index is 5.28. The summed E-state index contributed by atoms with van der Waals surface area (Å²) in [7, 11) is 1.93. The van der Waals surface area contributed by atoms with Crippen LogP contribution in [0, 0.1) is 0 Å². The first kappa shape index (κ1) is 14.2. The second kappa shape index (κ2) is 6.32. The Hall–Kier alpha value is -1.79. The molecule has 1 N–H and O–H groups in total. The summed E-state index contributed by atoms with van der Waals surface area (Å²) >= 11 is 3.53. The largest absolute Gasteiger partial charge is 0.339 e. The number of fused-ring (bicyclic) bond motifs is 1. The molecule has 3 rings (SSSR count). The molecule has 2 aromatic heterocycles. The maximum absolute atomic E-state index is 5.28. The molecule has 5 nitrogen and oxygen atoms in total. The van der Waals surface area contributed by atoms with E-state index in [1.807, 2.05) is 37.4 Å². The predicted octanol–water partition coefficient (Wildman–Crippen LogP) is 3.20. The number of halogens is 1. The minimum Gasteiger partial charge on any atom is -0.339 e. The average Bonchev–Trinajstić information content (AvgIpc) is 2.95. The van der Waals surface area contributed by atoms with Crippen LogP contribution in [-0.4, -0.2) is 28.7 Å². The molecule has 0 unspecified atom stereocenters. The van der Waals surface area contributed by atoms with E-state index in [1.165, 1.54) is 0 Å². The van der Waals surface area contributed by atoms with Gasteiger partial charge in [0.15, 0.2) is 0 Å². The minimum absolute atomic E-state index is 0.520. The Balaban J connectivity index is 1.91. The van der Waals surface area contributed by atoms with Crippen molar-refractivity contribution in [1.82, 2.24) is 20.4 Å². The highest BCUT2D eigenvalue weighted by Gasteiger charge is 2.14. The third-order valence-electron chi connectivity index (χ3n) is 3.17. The normalized spacial score (nSPS) is 11.1. The molecule has 0 aliphatic heterocycles. The van der Waals surface area contributed by atoms with Crippen molar-refractivity contribution >= 4 is 26.8 Å². The van der Waals surface area contributed by atoms with Crippen LogP contribution in [0.25, 0.3) is 22.4 Å². The smallest absolute Gasteiger partial charge is 0.227 e. The highest BCUT2D eigenvalue weighted by Crippen LogP contribution is 2.27. The lowest BCUT2D eigenvalue weighted by atomic mass is 10.2. The van der Waals surface area contributed by atoms with Crippen LogP contribution in [0.4, 0.5) is 0 Å². The van der Waals surface area contributed by atoms with Gasteiger partial charge in [-0.05, 0) is 48.1 Å². The van der Waals surface area contributed by atoms with Crippen LogP contribution in [0.5, 0.6) is 0 Å². The van der Waals surface area contributed by atoms with Crippen molar-refractivity contribution < 1.29 is 4.52 Å². The zero-order valence-corrected chi connectivity index (χ0v) is 13.2. The lowest BCUT2D eigenvalue weighted by molar-refractivity contribution is 0.375. The van der Waals surface area contributed by atoms with Crippen molar-refractivity contribution in [3.63, 3.8) is 0 Å². The molecule has 0 bridgehead atoms. The summed E-state index contributed by atoms with van der Waals surface area (Å²) in [5.41, 5.74) is 1.62. The van der Waals surface area contributed by atoms with Crippen LogP contribution in [0.3, 0.4) is 0 Å². The summed E-state index contributed by atoms with van der Waals surface area (Å²) in [6, 6.07) is 9.97. The standard InChI is InChI=1S/C15H15BrN4O/c1-17-8-4-7-13-19-15(20-21-13)14-11(16)9-10-5-2-3-6-12(10)18-14/h2-3,5-6,9,17H,4,7-8H2,1H3. The van der Waals surface area contributed by atoms with E-state index in [2.05, 4.69) is 36.4 Å². The van der Waals surface area contributed by atoms with Crippen LogP contribution in [0.1, 0.15) is 12.3 Å². The molecule has 0 saturated carbocycles. The Morgan fingerprint density at radius 1 is 1.24 bits per heavy atom. The number of benzene rings is 1. The zero-order valence-electron chi connectivity index (χ0n) is 11.6. The van der Waals surface area contributed by atoms with Gasteiger partial charge in [0, 0.05) is 16.3 Å². The SMILES string of the molecule is CNCCCc1nc(-c2nc3ccccc3cc2Br)no1. The molecule has 2 heterocycles. The van der Waals surface area contributed by atoms with E-state index < -0.39 is 0 Å². The number of aryl methyl sites for hydroxylation is 1. The third-order valence-corrected chi connectivity index (χ3v) is 3.78. The number of hydrogen-bond acceptors (Lipinski definition) is 5. The number of aromatic nitrogens is 3. The highest BCUT2D eigenvalue weighted by molar-refractivity contribution is 9.10. The fourth-order valence-electron chi connectivity index (χ4n) is 2.12. The quantitative estimate of drug-likeness (QED) is 0.718. The van der Waals surface area contributed by atoms with Gasteiger partial charge in [-0.2, -0.15) is 4.98 Å². The molecule has 0 aliphatic rings.